The van der Waals surface area contributed by atoms with Crippen LogP contribution in [-0.4, -0.2) is 56.3 Å². The minimum absolute atomic E-state index is 0.0470. The Labute approximate surface area is 213 Å². The van der Waals surface area contributed by atoms with Crippen molar-refractivity contribution in [3.8, 4) is 11.5 Å². The highest BCUT2D eigenvalue weighted by Gasteiger charge is 2.32. The third-order valence-corrected chi connectivity index (χ3v) is 8.01. The molecule has 0 saturated heterocycles. The van der Waals surface area contributed by atoms with Crippen molar-refractivity contribution in [2.75, 3.05) is 23.4 Å². The monoisotopic (exact) mass is 517 g/mol. The molecule has 0 unspecified atom stereocenters. The van der Waals surface area contributed by atoms with Crippen molar-refractivity contribution in [1.82, 2.24) is 10.2 Å². The number of fused-ring (bicyclic) bond motifs is 1. The molecule has 0 radical (unpaired) electrons. The average Bonchev–Trinajstić information content (AvgIpc) is 3.34. The molecule has 3 rings (SSSR count). The van der Waals surface area contributed by atoms with Crippen molar-refractivity contribution in [2.24, 2.45) is 0 Å². The van der Waals surface area contributed by atoms with Crippen LogP contribution in [0.25, 0.3) is 0 Å². The summed E-state index contributed by atoms with van der Waals surface area (Å²) in [5, 5.41) is 2.92. The van der Waals surface area contributed by atoms with E-state index in [2.05, 4.69) is 5.32 Å². The molecule has 2 atom stereocenters. The molecule has 1 heterocycles. The Morgan fingerprint density at radius 2 is 1.69 bits per heavy atom. The Balaban J connectivity index is 1.93. The number of benzene rings is 2. The predicted molar refractivity (Wildman–Crippen MR) is 138 cm³/mol. The summed E-state index contributed by atoms with van der Waals surface area (Å²) in [5.74, 6) is -0.0596. The zero-order valence-electron chi connectivity index (χ0n) is 21.5. The van der Waals surface area contributed by atoms with Gasteiger partial charge in [-0.1, -0.05) is 36.8 Å². The first-order chi connectivity index (χ1) is 17.1. The van der Waals surface area contributed by atoms with Gasteiger partial charge in [-0.3, -0.25) is 13.9 Å². The van der Waals surface area contributed by atoms with E-state index < -0.39 is 28.5 Å². The second-order valence-electron chi connectivity index (χ2n) is 8.95. The minimum Gasteiger partial charge on any atom is -0.454 e. The van der Waals surface area contributed by atoms with Crippen LogP contribution in [0.1, 0.15) is 45.2 Å². The Kier molecular flexibility index (Phi) is 8.84. The lowest BCUT2D eigenvalue weighted by molar-refractivity contribution is -0.139. The lowest BCUT2D eigenvalue weighted by atomic mass is 10.1. The lowest BCUT2D eigenvalue weighted by Crippen LogP contribution is -2.52. The van der Waals surface area contributed by atoms with Crippen LogP contribution in [0, 0.1) is 6.92 Å². The fraction of sp³-hybridized carbons (Fsp3) is 0.462. The Bertz CT molecular complexity index is 1180. The van der Waals surface area contributed by atoms with Gasteiger partial charge in [0.1, 0.15) is 12.6 Å². The van der Waals surface area contributed by atoms with Crippen molar-refractivity contribution < 1.29 is 27.5 Å². The fourth-order valence-corrected chi connectivity index (χ4v) is 4.75. The molecule has 0 bridgehead atoms. The van der Waals surface area contributed by atoms with Gasteiger partial charge in [-0.15, -0.1) is 0 Å². The summed E-state index contributed by atoms with van der Waals surface area (Å²) in [6.45, 7) is 8.75. The molecule has 0 fully saturated rings. The van der Waals surface area contributed by atoms with Crippen LogP contribution in [0.3, 0.4) is 0 Å². The maximum Gasteiger partial charge on any atom is 0.244 e. The van der Waals surface area contributed by atoms with Crippen molar-refractivity contribution in [3.05, 3.63) is 53.6 Å². The Morgan fingerprint density at radius 3 is 2.33 bits per heavy atom. The molecule has 1 aliphatic heterocycles. The van der Waals surface area contributed by atoms with E-state index in [9.17, 15) is 18.0 Å². The summed E-state index contributed by atoms with van der Waals surface area (Å²) in [6.07, 6.45) is 0.747. The molecule has 0 aliphatic carbocycles. The highest BCUT2D eigenvalue weighted by Crippen LogP contribution is 2.36. The molecule has 196 valence electrons. The number of hydrogen-bond donors (Lipinski definition) is 1. The second-order valence-corrected chi connectivity index (χ2v) is 11.1. The molecule has 0 saturated carbocycles. The minimum atomic E-state index is -3.82. The summed E-state index contributed by atoms with van der Waals surface area (Å²) >= 11 is 0. The van der Waals surface area contributed by atoms with Gasteiger partial charge >= 0.3 is 0 Å². The number of sulfonamides is 1. The van der Waals surface area contributed by atoms with Crippen LogP contribution in [-0.2, 0) is 26.2 Å². The van der Waals surface area contributed by atoms with Crippen molar-refractivity contribution in [3.63, 3.8) is 0 Å². The first-order valence-corrected chi connectivity index (χ1v) is 13.7. The van der Waals surface area contributed by atoms with E-state index in [0.29, 0.717) is 17.2 Å². The fourth-order valence-electron chi connectivity index (χ4n) is 3.70. The topological polar surface area (TPSA) is 105 Å². The van der Waals surface area contributed by atoms with E-state index in [1.807, 2.05) is 45.0 Å². The molecule has 10 heteroatoms. The largest absolute Gasteiger partial charge is 0.454 e. The molecule has 0 aromatic heterocycles. The number of carbonyl (C=O) groups is 2. The predicted octanol–water partition coefficient (Wildman–Crippen LogP) is 3.21. The number of hydrogen-bond acceptors (Lipinski definition) is 6. The van der Waals surface area contributed by atoms with Gasteiger partial charge < -0.3 is 19.7 Å². The van der Waals surface area contributed by atoms with Gasteiger partial charge in [0, 0.05) is 18.7 Å². The van der Waals surface area contributed by atoms with Crippen LogP contribution in [0.4, 0.5) is 5.69 Å². The summed E-state index contributed by atoms with van der Waals surface area (Å²) in [6, 6.07) is 11.5. The van der Waals surface area contributed by atoms with E-state index in [1.165, 1.54) is 11.8 Å². The van der Waals surface area contributed by atoms with E-state index in [-0.39, 0.29) is 31.0 Å². The van der Waals surface area contributed by atoms with Gasteiger partial charge in [0.2, 0.25) is 28.6 Å². The molecule has 36 heavy (non-hydrogen) atoms. The third kappa shape index (κ3) is 6.48. The molecule has 1 N–H and O–H groups in total. The number of ether oxygens (including phenoxy) is 2. The van der Waals surface area contributed by atoms with Crippen LogP contribution in [0.2, 0.25) is 0 Å². The first kappa shape index (κ1) is 27.3. The summed E-state index contributed by atoms with van der Waals surface area (Å²) in [5.41, 5.74) is 2.20. The van der Waals surface area contributed by atoms with Gasteiger partial charge in [-0.2, -0.15) is 0 Å². The standard InChI is InChI=1S/C26H35N3O6S/c1-6-19(4)27-26(31)20(5)28(15-21-10-8-18(3)9-11-21)25(30)16-29(36(32,33)7-2)22-12-13-23-24(14-22)35-17-34-23/h8-14,19-20H,6-7,15-17H2,1-5H3,(H,27,31)/t19-,20+/m1/s1. The van der Waals surface area contributed by atoms with Gasteiger partial charge in [0.05, 0.1) is 11.4 Å². The van der Waals surface area contributed by atoms with E-state index >= 15 is 0 Å². The van der Waals surface area contributed by atoms with Gasteiger partial charge in [0.25, 0.3) is 0 Å². The summed E-state index contributed by atoms with van der Waals surface area (Å²) in [7, 11) is -3.82. The van der Waals surface area contributed by atoms with E-state index in [1.54, 1.807) is 25.1 Å². The zero-order valence-corrected chi connectivity index (χ0v) is 22.3. The van der Waals surface area contributed by atoms with E-state index in [4.69, 9.17) is 9.47 Å². The highest BCUT2D eigenvalue weighted by atomic mass is 32.2. The highest BCUT2D eigenvalue weighted by molar-refractivity contribution is 7.92. The molecule has 1 aliphatic rings. The number of rotatable bonds is 11. The SMILES string of the molecule is CC[C@@H](C)NC(=O)[C@H](C)N(Cc1ccc(C)cc1)C(=O)CN(c1ccc2c(c1)OCO2)S(=O)(=O)CC. The number of carbonyl (C=O) groups excluding carboxylic acids is 2. The molecule has 2 amide bonds. The Hall–Kier alpha value is -3.27. The zero-order chi connectivity index (χ0) is 26.5. The number of aryl methyl sites for hydroxylation is 1. The molecular weight excluding hydrogens is 482 g/mol. The maximum absolute atomic E-state index is 13.7. The smallest absolute Gasteiger partial charge is 0.244 e. The lowest BCUT2D eigenvalue weighted by Gasteiger charge is -2.32. The number of amides is 2. The average molecular weight is 518 g/mol. The number of anilines is 1. The van der Waals surface area contributed by atoms with Gasteiger partial charge in [0.15, 0.2) is 11.5 Å². The summed E-state index contributed by atoms with van der Waals surface area (Å²) in [4.78, 5) is 28.1. The molecular formula is C26H35N3O6S. The van der Waals surface area contributed by atoms with Gasteiger partial charge in [-0.05, 0) is 51.8 Å². The van der Waals surface area contributed by atoms with Crippen molar-refractivity contribution >= 4 is 27.5 Å². The second kappa shape index (κ2) is 11.6. The number of nitrogens with zero attached hydrogens (tertiary/aromatic N) is 2. The maximum atomic E-state index is 13.7. The molecule has 0 spiro atoms. The van der Waals surface area contributed by atoms with Gasteiger partial charge in [-0.25, -0.2) is 8.42 Å². The molecule has 9 nitrogen and oxygen atoms in total. The van der Waals surface area contributed by atoms with Crippen LogP contribution in [0.5, 0.6) is 11.5 Å². The quantitative estimate of drug-likeness (QED) is 0.491. The van der Waals surface area contributed by atoms with Crippen LogP contribution in [0.15, 0.2) is 42.5 Å². The van der Waals surface area contributed by atoms with Crippen molar-refractivity contribution in [2.45, 2.75) is 59.7 Å². The molecule has 2 aromatic rings. The number of nitrogens with one attached hydrogen (secondary N) is 1. The normalized spacial score (nSPS) is 14.1. The van der Waals surface area contributed by atoms with Crippen molar-refractivity contribution in [1.29, 1.82) is 0 Å². The summed E-state index contributed by atoms with van der Waals surface area (Å²) < 4.78 is 37.9. The Morgan fingerprint density at radius 1 is 1.03 bits per heavy atom. The van der Waals surface area contributed by atoms with Crippen LogP contribution < -0.4 is 19.1 Å². The first-order valence-electron chi connectivity index (χ1n) is 12.1. The van der Waals surface area contributed by atoms with E-state index in [0.717, 1.165) is 21.9 Å². The third-order valence-electron chi connectivity index (χ3n) is 6.27. The van der Waals surface area contributed by atoms with Crippen LogP contribution >= 0.6 is 0 Å². The molecule has 2 aromatic carbocycles.